The van der Waals surface area contributed by atoms with Crippen molar-refractivity contribution in [3.05, 3.63) is 96.3 Å². The molecule has 0 spiro atoms. The number of pyridine rings is 1. The molecule has 5 rings (SSSR count). The zero-order valence-corrected chi connectivity index (χ0v) is 31.9. The number of hydrogen-bond acceptors (Lipinski definition) is 8. The standard InChI is InChI=1S/C41H55N5O6S/c1-41(2,3)53(51,52)26-31(23-30-16-11-15-29-14-7-8-18-34(29)30)39(49)46-36(24-33-25-42-27-44-33)40(50)45-35(22-28-12-5-4-6-13-28)38(48)37(47)20-19-32-17-9-10-21-43-32/h7-11,14-18,21,25,27-28,31,35-38,47-48H,4-6,12-13,19-20,22-24,26H2,1-3H3,(H,42,44)(H,45,50)(H,46,49)/t31-,35+,36?,37+,38-/m1/s1. The van der Waals surface area contributed by atoms with E-state index in [1.807, 2.05) is 60.7 Å². The van der Waals surface area contributed by atoms with Gasteiger partial charge < -0.3 is 25.8 Å². The summed E-state index contributed by atoms with van der Waals surface area (Å²) in [6, 6.07) is 17.2. The van der Waals surface area contributed by atoms with Gasteiger partial charge in [0.1, 0.15) is 12.1 Å². The Labute approximate surface area is 313 Å². The van der Waals surface area contributed by atoms with E-state index in [2.05, 4.69) is 25.6 Å². The summed E-state index contributed by atoms with van der Waals surface area (Å²) >= 11 is 0. The van der Waals surface area contributed by atoms with Crippen molar-refractivity contribution in [2.45, 2.75) is 114 Å². The fourth-order valence-electron chi connectivity index (χ4n) is 7.22. The molecule has 53 heavy (non-hydrogen) atoms. The van der Waals surface area contributed by atoms with E-state index < -0.39 is 62.4 Å². The summed E-state index contributed by atoms with van der Waals surface area (Å²) < 4.78 is 26.1. The molecule has 0 bridgehead atoms. The number of benzene rings is 2. The average molecular weight is 746 g/mol. The maximum Gasteiger partial charge on any atom is 0.243 e. The van der Waals surface area contributed by atoms with Crippen LogP contribution in [0.25, 0.3) is 10.8 Å². The summed E-state index contributed by atoms with van der Waals surface area (Å²) in [4.78, 5) is 40.0. The van der Waals surface area contributed by atoms with Crippen LogP contribution in [-0.4, -0.2) is 80.2 Å². The number of aromatic amines is 1. The lowest BCUT2D eigenvalue weighted by atomic mass is 9.82. The fraction of sp³-hybridized carbons (Fsp3) is 0.512. The second-order valence-electron chi connectivity index (χ2n) is 15.5. The Balaban J connectivity index is 1.40. The van der Waals surface area contributed by atoms with Gasteiger partial charge in [-0.05, 0) is 80.8 Å². The summed E-state index contributed by atoms with van der Waals surface area (Å²) in [7, 11) is -3.75. The summed E-state index contributed by atoms with van der Waals surface area (Å²) in [6.45, 7) is 4.85. The summed E-state index contributed by atoms with van der Waals surface area (Å²) in [5.41, 5.74) is 2.22. The lowest BCUT2D eigenvalue weighted by molar-refractivity contribution is -0.132. The van der Waals surface area contributed by atoms with Crippen LogP contribution >= 0.6 is 0 Å². The van der Waals surface area contributed by atoms with E-state index in [4.69, 9.17) is 0 Å². The number of H-pyrrole nitrogens is 1. The van der Waals surface area contributed by atoms with E-state index in [1.54, 1.807) is 33.2 Å². The van der Waals surface area contributed by atoms with E-state index in [1.165, 1.54) is 6.33 Å². The average Bonchev–Trinajstić information content (AvgIpc) is 3.66. The Morgan fingerprint density at radius 2 is 1.66 bits per heavy atom. The normalized spacial score (nSPS) is 17.1. The van der Waals surface area contributed by atoms with Gasteiger partial charge >= 0.3 is 0 Å². The lowest BCUT2D eigenvalue weighted by Gasteiger charge is -2.33. The minimum Gasteiger partial charge on any atom is -0.390 e. The van der Waals surface area contributed by atoms with E-state index in [-0.39, 0.29) is 25.2 Å². The molecule has 0 aliphatic heterocycles. The van der Waals surface area contributed by atoms with Crippen LogP contribution in [0.4, 0.5) is 0 Å². The number of carbonyl (C=O) groups is 2. The van der Waals surface area contributed by atoms with Crippen molar-refractivity contribution in [1.82, 2.24) is 25.6 Å². The quantitative estimate of drug-likeness (QED) is 0.102. The van der Waals surface area contributed by atoms with Crippen LogP contribution in [-0.2, 0) is 38.7 Å². The lowest BCUT2D eigenvalue weighted by Crippen LogP contribution is -2.56. The minimum atomic E-state index is -3.75. The summed E-state index contributed by atoms with van der Waals surface area (Å²) in [5, 5.41) is 30.5. The van der Waals surface area contributed by atoms with Crippen LogP contribution in [0, 0.1) is 11.8 Å². The van der Waals surface area contributed by atoms with Gasteiger partial charge in [0.05, 0.1) is 34.9 Å². The van der Waals surface area contributed by atoms with Gasteiger partial charge in [0.25, 0.3) is 0 Å². The number of fused-ring (bicyclic) bond motifs is 1. The number of hydrogen-bond donors (Lipinski definition) is 5. The van der Waals surface area contributed by atoms with E-state index >= 15 is 0 Å². The molecule has 1 saturated carbocycles. The molecule has 1 unspecified atom stereocenters. The highest BCUT2D eigenvalue weighted by atomic mass is 32.2. The first kappa shape index (κ1) is 40.1. The number of sulfone groups is 1. The number of nitrogens with zero attached hydrogens (tertiary/aromatic N) is 2. The first-order valence-electron chi connectivity index (χ1n) is 18.8. The molecular weight excluding hydrogens is 691 g/mol. The van der Waals surface area contributed by atoms with Crippen LogP contribution in [0.15, 0.2) is 79.4 Å². The highest BCUT2D eigenvalue weighted by Crippen LogP contribution is 2.29. The smallest absolute Gasteiger partial charge is 0.243 e. The largest absolute Gasteiger partial charge is 0.390 e. The van der Waals surface area contributed by atoms with Gasteiger partial charge in [0, 0.05) is 30.2 Å². The van der Waals surface area contributed by atoms with Crippen molar-refractivity contribution in [3.63, 3.8) is 0 Å². The van der Waals surface area contributed by atoms with Gasteiger partial charge in [-0.1, -0.05) is 80.6 Å². The van der Waals surface area contributed by atoms with Crippen LogP contribution < -0.4 is 10.6 Å². The van der Waals surface area contributed by atoms with Gasteiger partial charge in [-0.15, -0.1) is 0 Å². The maximum absolute atomic E-state index is 14.3. The third-order valence-electron chi connectivity index (χ3n) is 10.6. The minimum absolute atomic E-state index is 0.0546. The van der Waals surface area contributed by atoms with Gasteiger partial charge in [-0.3, -0.25) is 14.6 Å². The number of aromatic nitrogens is 3. The van der Waals surface area contributed by atoms with E-state index in [0.717, 1.165) is 54.1 Å². The Morgan fingerprint density at radius 1 is 0.925 bits per heavy atom. The number of carbonyl (C=O) groups excluding carboxylic acids is 2. The van der Waals surface area contributed by atoms with Crippen molar-refractivity contribution in [2.24, 2.45) is 11.8 Å². The molecule has 1 aliphatic rings. The van der Waals surface area contributed by atoms with E-state index in [9.17, 15) is 28.2 Å². The van der Waals surface area contributed by atoms with Crippen molar-refractivity contribution >= 4 is 32.4 Å². The maximum atomic E-state index is 14.3. The summed E-state index contributed by atoms with van der Waals surface area (Å²) in [5.74, 6) is -2.24. The molecule has 286 valence electrons. The SMILES string of the molecule is CC(C)(C)S(=O)(=O)C[C@@H](Cc1cccc2ccccc12)C(=O)NC(Cc1cnc[nH]1)C(=O)N[C@@H](CC1CCCCC1)[C@@H](O)[C@@H](O)CCc1ccccn1. The Bertz CT molecular complexity index is 1870. The topological polar surface area (TPSA) is 174 Å². The van der Waals surface area contributed by atoms with Gasteiger partial charge in [0.2, 0.25) is 11.8 Å². The molecular formula is C41H55N5O6S. The van der Waals surface area contributed by atoms with Crippen LogP contribution in [0.3, 0.4) is 0 Å². The monoisotopic (exact) mass is 745 g/mol. The number of amides is 2. The predicted octanol–water partition coefficient (Wildman–Crippen LogP) is 4.87. The summed E-state index contributed by atoms with van der Waals surface area (Å²) in [6.07, 6.45) is 8.95. The zero-order valence-electron chi connectivity index (χ0n) is 31.1. The molecule has 0 saturated heterocycles. The molecule has 4 aromatic rings. The number of nitrogens with one attached hydrogen (secondary N) is 3. The van der Waals surface area contributed by atoms with E-state index in [0.29, 0.717) is 18.5 Å². The Morgan fingerprint density at radius 3 is 2.36 bits per heavy atom. The van der Waals surface area contributed by atoms with Crippen LogP contribution in [0.2, 0.25) is 0 Å². The Hall–Kier alpha value is -4.13. The molecule has 2 amide bonds. The Kier molecular flexibility index (Phi) is 13.8. The number of imidazole rings is 1. The van der Waals surface area contributed by atoms with Crippen LogP contribution in [0.1, 0.15) is 82.7 Å². The predicted molar refractivity (Wildman–Crippen MR) is 207 cm³/mol. The third-order valence-corrected chi connectivity index (χ3v) is 13.3. The molecule has 2 heterocycles. The zero-order chi connectivity index (χ0) is 38.0. The molecule has 1 aliphatic carbocycles. The second kappa shape index (κ2) is 18.3. The van der Waals surface area contributed by atoms with Crippen LogP contribution in [0.5, 0.6) is 0 Å². The molecule has 5 N–H and O–H groups in total. The van der Waals surface area contributed by atoms with Gasteiger partial charge in [0.15, 0.2) is 9.84 Å². The van der Waals surface area contributed by atoms with Crippen molar-refractivity contribution < 1.29 is 28.2 Å². The molecule has 2 aromatic carbocycles. The number of aliphatic hydroxyl groups excluding tert-OH is 2. The van der Waals surface area contributed by atoms with Gasteiger partial charge in [-0.2, -0.15) is 0 Å². The molecule has 2 aromatic heterocycles. The highest BCUT2D eigenvalue weighted by Gasteiger charge is 2.37. The number of aliphatic hydroxyl groups is 2. The molecule has 0 radical (unpaired) electrons. The van der Waals surface area contributed by atoms with Crippen molar-refractivity contribution in [1.29, 1.82) is 0 Å². The van der Waals surface area contributed by atoms with Crippen molar-refractivity contribution in [3.8, 4) is 0 Å². The number of aryl methyl sites for hydroxylation is 1. The highest BCUT2D eigenvalue weighted by molar-refractivity contribution is 7.92. The number of rotatable bonds is 17. The van der Waals surface area contributed by atoms with Gasteiger partial charge in [-0.25, -0.2) is 13.4 Å². The molecule has 1 fully saturated rings. The molecule has 5 atom stereocenters. The molecule has 12 heteroatoms. The third kappa shape index (κ3) is 11.2. The first-order chi connectivity index (χ1) is 25.3. The van der Waals surface area contributed by atoms with Crippen molar-refractivity contribution in [2.75, 3.05) is 5.75 Å². The second-order valence-corrected chi connectivity index (χ2v) is 18.3. The fourth-order valence-corrected chi connectivity index (χ4v) is 8.52. The first-order valence-corrected chi connectivity index (χ1v) is 20.5. The molecule has 11 nitrogen and oxygen atoms in total.